The van der Waals surface area contributed by atoms with E-state index in [1.54, 1.807) is 0 Å². The van der Waals surface area contributed by atoms with Crippen LogP contribution in [-0.4, -0.2) is 8.42 Å². The van der Waals surface area contributed by atoms with Crippen LogP contribution in [-0.2, 0) is 8.26 Å². The van der Waals surface area contributed by atoms with Crippen molar-refractivity contribution < 1.29 is 8.42 Å². The average molecular weight is 337 g/mol. The van der Waals surface area contributed by atoms with Gasteiger partial charge in [0, 0.05) is 21.4 Å². The zero-order valence-corrected chi connectivity index (χ0v) is 13.1. The molecule has 2 nitrogen and oxygen atoms in total. The van der Waals surface area contributed by atoms with Gasteiger partial charge >= 0.3 is 8.26 Å². The fourth-order valence-electron chi connectivity index (χ4n) is 2.67. The highest BCUT2D eigenvalue weighted by Crippen LogP contribution is 2.33. The molecule has 0 amide bonds. The van der Waals surface area contributed by atoms with Gasteiger partial charge in [0.2, 0.25) is 0 Å². The Morgan fingerprint density at radius 3 is 1.05 bits per heavy atom. The second kappa shape index (κ2) is 5.34. The largest absolute Gasteiger partial charge is 0.317 e. The molecule has 0 bridgehead atoms. The van der Waals surface area contributed by atoms with Gasteiger partial charge in [0.25, 0.3) is 0 Å². The van der Waals surface area contributed by atoms with E-state index in [0.29, 0.717) is 0 Å². The predicted molar refractivity (Wildman–Crippen MR) is 90.8 cm³/mol. The summed E-state index contributed by atoms with van der Waals surface area (Å²) in [4.78, 5) is 0. The van der Waals surface area contributed by atoms with Crippen molar-refractivity contribution in [3.8, 4) is 0 Å². The first-order chi connectivity index (χ1) is 9.93. The summed E-state index contributed by atoms with van der Waals surface area (Å²) in [6, 6.07) is 21.9. The lowest BCUT2D eigenvalue weighted by atomic mass is 9.95. The second-order valence-electron chi connectivity index (χ2n) is 4.67. The first-order valence-electron chi connectivity index (χ1n) is 6.20. The van der Waals surface area contributed by atoms with Gasteiger partial charge in [-0.1, -0.05) is 60.7 Å². The van der Waals surface area contributed by atoms with Crippen molar-refractivity contribution >= 4 is 61.9 Å². The Morgan fingerprint density at radius 1 is 0.571 bits per heavy atom. The van der Waals surface area contributed by atoms with E-state index in [1.165, 1.54) is 32.3 Å². The van der Waals surface area contributed by atoms with Gasteiger partial charge in [0.15, 0.2) is 0 Å². The van der Waals surface area contributed by atoms with Gasteiger partial charge in [-0.25, -0.2) is 0 Å². The van der Waals surface area contributed by atoms with E-state index >= 15 is 0 Å². The summed E-state index contributed by atoms with van der Waals surface area (Å²) in [6.45, 7) is 0. The SMILES string of the molecule is O=S(=O)(Cl)Cl.c1cc2ccc3cccc4ccc(c1)c2c34. The summed E-state index contributed by atoms with van der Waals surface area (Å²) in [5.74, 6) is 0. The maximum atomic E-state index is 9.16. The van der Waals surface area contributed by atoms with E-state index in [-0.39, 0.29) is 0 Å². The molecule has 0 aliphatic heterocycles. The molecule has 0 fully saturated rings. The van der Waals surface area contributed by atoms with Crippen LogP contribution in [0.2, 0.25) is 0 Å². The number of rotatable bonds is 0. The lowest BCUT2D eigenvalue weighted by Crippen LogP contribution is -1.82. The average Bonchev–Trinajstić information content (AvgIpc) is 2.43. The summed E-state index contributed by atoms with van der Waals surface area (Å²) in [5.41, 5.74) is 0. The molecule has 0 spiro atoms. The monoisotopic (exact) mass is 336 g/mol. The molecular formula is C16H10Cl2O2S. The van der Waals surface area contributed by atoms with E-state index < -0.39 is 8.26 Å². The Kier molecular flexibility index (Phi) is 3.66. The van der Waals surface area contributed by atoms with Gasteiger partial charge in [-0.3, -0.25) is 0 Å². The third-order valence-electron chi connectivity index (χ3n) is 3.39. The molecule has 0 N–H and O–H groups in total. The maximum Gasteiger partial charge on any atom is 0.317 e. The maximum absolute atomic E-state index is 9.16. The first-order valence-corrected chi connectivity index (χ1v) is 9.34. The third kappa shape index (κ3) is 3.05. The normalized spacial score (nSPS) is 11.7. The van der Waals surface area contributed by atoms with Crippen LogP contribution in [0.15, 0.2) is 60.7 Å². The zero-order valence-electron chi connectivity index (χ0n) is 10.8. The van der Waals surface area contributed by atoms with Crippen LogP contribution in [0.1, 0.15) is 0 Å². The number of benzene rings is 4. The van der Waals surface area contributed by atoms with E-state index in [4.69, 9.17) is 8.42 Å². The summed E-state index contributed by atoms with van der Waals surface area (Å²) in [7, 11) is 4.81. The Hall–Kier alpha value is -1.55. The number of halogens is 2. The van der Waals surface area contributed by atoms with Gasteiger partial charge in [-0.15, -0.1) is 0 Å². The van der Waals surface area contributed by atoms with Crippen molar-refractivity contribution in [2.24, 2.45) is 0 Å². The molecule has 0 aromatic heterocycles. The molecule has 21 heavy (non-hydrogen) atoms. The molecule has 4 aromatic rings. The highest BCUT2D eigenvalue weighted by atomic mass is 36.0. The van der Waals surface area contributed by atoms with Crippen LogP contribution in [0.4, 0.5) is 0 Å². The molecule has 0 aliphatic rings. The molecule has 0 radical (unpaired) electrons. The van der Waals surface area contributed by atoms with Crippen molar-refractivity contribution in [3.63, 3.8) is 0 Å². The van der Waals surface area contributed by atoms with E-state index in [9.17, 15) is 0 Å². The van der Waals surface area contributed by atoms with Gasteiger partial charge in [0.1, 0.15) is 0 Å². The first kappa shape index (κ1) is 14.4. The molecule has 0 aliphatic carbocycles. The number of hydrogen-bond acceptors (Lipinski definition) is 2. The van der Waals surface area contributed by atoms with Crippen molar-refractivity contribution in [1.29, 1.82) is 0 Å². The van der Waals surface area contributed by atoms with Crippen LogP contribution >= 0.6 is 21.4 Å². The molecule has 5 heteroatoms. The Balaban J connectivity index is 0.000000233. The molecular weight excluding hydrogens is 327 g/mol. The van der Waals surface area contributed by atoms with Crippen LogP contribution in [0.5, 0.6) is 0 Å². The van der Waals surface area contributed by atoms with Gasteiger partial charge in [-0.2, -0.15) is 8.42 Å². The summed E-state index contributed by atoms with van der Waals surface area (Å²) in [6.07, 6.45) is 0. The van der Waals surface area contributed by atoms with Crippen LogP contribution in [0, 0.1) is 0 Å². The Morgan fingerprint density at radius 2 is 0.810 bits per heavy atom. The Labute approximate surface area is 131 Å². The Bertz CT molecular complexity index is 888. The minimum atomic E-state index is -3.72. The molecule has 0 unspecified atom stereocenters. The summed E-state index contributed by atoms with van der Waals surface area (Å²) >= 11 is 0. The predicted octanol–water partition coefficient (Wildman–Crippen LogP) is 5.29. The minimum Gasteiger partial charge on any atom is -0.195 e. The molecule has 0 saturated carbocycles. The summed E-state index contributed by atoms with van der Waals surface area (Å²) < 4.78 is 18.3. The molecule has 0 atom stereocenters. The van der Waals surface area contributed by atoms with Gasteiger partial charge in [-0.05, 0) is 32.3 Å². The minimum absolute atomic E-state index is 1.34. The molecule has 4 rings (SSSR count). The standard InChI is InChI=1S/C16H10.Cl2O2S/c1-3-11-7-9-13-5-2-6-14-10-8-12(4-1)15(11)16(13)14;1-5(2,3)4/h1-10H;. The highest BCUT2D eigenvalue weighted by molar-refractivity contribution is 8.31. The number of hydrogen-bond donors (Lipinski definition) is 0. The van der Waals surface area contributed by atoms with Crippen molar-refractivity contribution in [1.82, 2.24) is 0 Å². The van der Waals surface area contributed by atoms with Crippen LogP contribution in [0.3, 0.4) is 0 Å². The lowest BCUT2D eigenvalue weighted by molar-refractivity contribution is 0.621. The fourth-order valence-corrected chi connectivity index (χ4v) is 2.67. The smallest absolute Gasteiger partial charge is 0.195 e. The van der Waals surface area contributed by atoms with E-state index in [2.05, 4.69) is 82.0 Å². The topological polar surface area (TPSA) is 34.1 Å². The van der Waals surface area contributed by atoms with Crippen LogP contribution < -0.4 is 0 Å². The van der Waals surface area contributed by atoms with Crippen LogP contribution in [0.25, 0.3) is 32.3 Å². The van der Waals surface area contributed by atoms with Gasteiger partial charge < -0.3 is 0 Å². The molecule has 0 heterocycles. The van der Waals surface area contributed by atoms with Gasteiger partial charge in [0.05, 0.1) is 0 Å². The zero-order chi connectivity index (χ0) is 15.0. The van der Waals surface area contributed by atoms with Crippen molar-refractivity contribution in [2.75, 3.05) is 0 Å². The second-order valence-corrected chi connectivity index (χ2v) is 8.34. The molecule has 0 saturated heterocycles. The molecule has 106 valence electrons. The van der Waals surface area contributed by atoms with Crippen molar-refractivity contribution in [2.45, 2.75) is 0 Å². The highest BCUT2D eigenvalue weighted by Gasteiger charge is 2.05. The quantitative estimate of drug-likeness (QED) is 0.323. The van der Waals surface area contributed by atoms with E-state index in [0.717, 1.165) is 0 Å². The summed E-state index contributed by atoms with van der Waals surface area (Å²) in [5, 5.41) is 8.14. The fraction of sp³-hybridized carbons (Fsp3) is 0. The third-order valence-corrected chi connectivity index (χ3v) is 3.39. The molecule has 4 aromatic carbocycles. The van der Waals surface area contributed by atoms with Crippen molar-refractivity contribution in [3.05, 3.63) is 60.7 Å². The lowest BCUT2D eigenvalue weighted by Gasteiger charge is -2.09. The van der Waals surface area contributed by atoms with E-state index in [1.807, 2.05) is 0 Å².